The molecular formula is C14H13BrN2O2. The van der Waals surface area contributed by atoms with Gasteiger partial charge in [-0.2, -0.15) is 0 Å². The quantitative estimate of drug-likeness (QED) is 0.938. The average molecular weight is 321 g/mol. The molecule has 0 unspecified atom stereocenters. The van der Waals surface area contributed by atoms with Crippen molar-refractivity contribution in [2.75, 3.05) is 11.9 Å². The van der Waals surface area contributed by atoms with Crippen LogP contribution in [-0.4, -0.2) is 17.5 Å². The number of ether oxygens (including phenoxy) is 1. The molecule has 0 aliphatic rings. The third kappa shape index (κ3) is 3.79. The first-order valence-electron chi connectivity index (χ1n) is 5.85. The standard InChI is InChI=1S/C14H13BrN2O2/c1-2-19-12-5-3-4-10(8-12)14(18)17-13-7-6-11(15)9-16-13/h3-9H,2H2,1H3,(H,16,17,18). The summed E-state index contributed by atoms with van der Waals surface area (Å²) in [6, 6.07) is 10.6. The summed E-state index contributed by atoms with van der Waals surface area (Å²) in [5.74, 6) is 0.977. The summed E-state index contributed by atoms with van der Waals surface area (Å²) in [5.41, 5.74) is 0.538. The fourth-order valence-corrected chi connectivity index (χ4v) is 1.77. The molecule has 1 amide bonds. The lowest BCUT2D eigenvalue weighted by Crippen LogP contribution is -2.12. The molecule has 98 valence electrons. The third-order valence-electron chi connectivity index (χ3n) is 2.38. The minimum atomic E-state index is -0.212. The lowest BCUT2D eigenvalue weighted by molar-refractivity contribution is 0.102. The Balaban J connectivity index is 2.11. The van der Waals surface area contributed by atoms with Crippen LogP contribution in [0.2, 0.25) is 0 Å². The fraction of sp³-hybridized carbons (Fsp3) is 0.143. The first kappa shape index (κ1) is 13.5. The smallest absolute Gasteiger partial charge is 0.256 e. The lowest BCUT2D eigenvalue weighted by Gasteiger charge is -2.07. The zero-order chi connectivity index (χ0) is 13.7. The zero-order valence-electron chi connectivity index (χ0n) is 10.4. The number of nitrogens with one attached hydrogen (secondary N) is 1. The van der Waals surface area contributed by atoms with E-state index in [1.807, 2.05) is 19.1 Å². The topological polar surface area (TPSA) is 51.2 Å². The number of hydrogen-bond acceptors (Lipinski definition) is 3. The molecule has 0 radical (unpaired) electrons. The molecule has 4 nitrogen and oxygen atoms in total. The van der Waals surface area contributed by atoms with Crippen LogP contribution in [0.1, 0.15) is 17.3 Å². The van der Waals surface area contributed by atoms with Crippen molar-refractivity contribution in [2.45, 2.75) is 6.92 Å². The van der Waals surface area contributed by atoms with Crippen molar-refractivity contribution in [1.82, 2.24) is 4.98 Å². The molecule has 0 atom stereocenters. The molecule has 1 aromatic heterocycles. The number of aromatic nitrogens is 1. The monoisotopic (exact) mass is 320 g/mol. The molecule has 1 heterocycles. The SMILES string of the molecule is CCOc1cccc(C(=O)Nc2ccc(Br)cn2)c1. The van der Waals surface area contributed by atoms with Crippen LogP contribution in [-0.2, 0) is 0 Å². The first-order valence-corrected chi connectivity index (χ1v) is 6.64. The number of carbonyl (C=O) groups is 1. The predicted octanol–water partition coefficient (Wildman–Crippen LogP) is 3.50. The number of rotatable bonds is 4. The Kier molecular flexibility index (Phi) is 4.52. The molecule has 2 rings (SSSR count). The Morgan fingerprint density at radius 3 is 2.89 bits per heavy atom. The van der Waals surface area contributed by atoms with Crippen LogP contribution in [0.25, 0.3) is 0 Å². The lowest BCUT2D eigenvalue weighted by atomic mass is 10.2. The van der Waals surface area contributed by atoms with Crippen molar-refractivity contribution in [3.8, 4) is 5.75 Å². The molecule has 1 N–H and O–H groups in total. The van der Waals surface area contributed by atoms with Crippen molar-refractivity contribution >= 4 is 27.7 Å². The van der Waals surface area contributed by atoms with Gasteiger partial charge in [-0.15, -0.1) is 0 Å². The van der Waals surface area contributed by atoms with Gasteiger partial charge in [-0.25, -0.2) is 4.98 Å². The number of benzene rings is 1. The highest BCUT2D eigenvalue weighted by Crippen LogP contribution is 2.15. The highest BCUT2D eigenvalue weighted by atomic mass is 79.9. The van der Waals surface area contributed by atoms with Gasteiger partial charge in [0.05, 0.1) is 6.61 Å². The molecule has 0 saturated carbocycles. The third-order valence-corrected chi connectivity index (χ3v) is 2.85. The minimum absolute atomic E-state index is 0.212. The number of carbonyl (C=O) groups excluding carboxylic acids is 1. The number of hydrogen-bond donors (Lipinski definition) is 1. The van der Waals surface area contributed by atoms with E-state index in [2.05, 4.69) is 26.2 Å². The van der Waals surface area contributed by atoms with Gasteiger partial charge in [0.2, 0.25) is 0 Å². The van der Waals surface area contributed by atoms with Crippen LogP contribution in [0.4, 0.5) is 5.82 Å². The fourth-order valence-electron chi connectivity index (χ4n) is 1.53. The number of nitrogens with zero attached hydrogens (tertiary/aromatic N) is 1. The minimum Gasteiger partial charge on any atom is -0.494 e. The second-order valence-corrected chi connectivity index (χ2v) is 4.69. The van der Waals surface area contributed by atoms with Crippen molar-refractivity contribution in [2.24, 2.45) is 0 Å². The molecule has 19 heavy (non-hydrogen) atoms. The summed E-state index contributed by atoms with van der Waals surface area (Å²) >= 11 is 3.29. The maximum atomic E-state index is 12.0. The van der Waals surface area contributed by atoms with Gasteiger partial charge in [-0.1, -0.05) is 6.07 Å². The summed E-state index contributed by atoms with van der Waals surface area (Å²) in [6.45, 7) is 2.47. The van der Waals surface area contributed by atoms with Gasteiger partial charge in [0.1, 0.15) is 11.6 Å². The van der Waals surface area contributed by atoms with Gasteiger partial charge in [0, 0.05) is 16.2 Å². The van der Waals surface area contributed by atoms with Gasteiger partial charge < -0.3 is 10.1 Å². The van der Waals surface area contributed by atoms with Crippen molar-refractivity contribution < 1.29 is 9.53 Å². The van der Waals surface area contributed by atoms with Crippen LogP contribution in [0.5, 0.6) is 5.75 Å². The first-order chi connectivity index (χ1) is 9.19. The van der Waals surface area contributed by atoms with E-state index in [-0.39, 0.29) is 5.91 Å². The van der Waals surface area contributed by atoms with Crippen molar-refractivity contribution in [3.05, 3.63) is 52.6 Å². The van der Waals surface area contributed by atoms with E-state index in [0.717, 1.165) is 4.47 Å². The van der Waals surface area contributed by atoms with Crippen molar-refractivity contribution in [3.63, 3.8) is 0 Å². The van der Waals surface area contributed by atoms with Gasteiger partial charge in [0.15, 0.2) is 0 Å². The highest BCUT2D eigenvalue weighted by molar-refractivity contribution is 9.10. The highest BCUT2D eigenvalue weighted by Gasteiger charge is 2.07. The summed E-state index contributed by atoms with van der Waals surface area (Å²) in [7, 11) is 0. The Labute approximate surface area is 119 Å². The molecule has 5 heteroatoms. The van der Waals surface area contributed by atoms with E-state index >= 15 is 0 Å². The van der Waals surface area contributed by atoms with Crippen LogP contribution < -0.4 is 10.1 Å². The Morgan fingerprint density at radius 2 is 2.21 bits per heavy atom. The molecule has 0 aliphatic heterocycles. The van der Waals surface area contributed by atoms with E-state index in [1.165, 1.54) is 0 Å². The van der Waals surface area contributed by atoms with Crippen LogP contribution in [0.15, 0.2) is 47.1 Å². The van der Waals surface area contributed by atoms with Gasteiger partial charge in [-0.05, 0) is 53.2 Å². The number of anilines is 1. The second-order valence-electron chi connectivity index (χ2n) is 3.78. The second kappa shape index (κ2) is 6.33. The number of halogens is 1. The molecule has 0 spiro atoms. The summed E-state index contributed by atoms with van der Waals surface area (Å²) in [4.78, 5) is 16.1. The Bertz CT molecular complexity index is 570. The summed E-state index contributed by atoms with van der Waals surface area (Å²) < 4.78 is 6.23. The van der Waals surface area contributed by atoms with E-state index in [4.69, 9.17) is 4.74 Å². The Hall–Kier alpha value is -1.88. The largest absolute Gasteiger partial charge is 0.494 e. The molecule has 2 aromatic rings. The van der Waals surface area contributed by atoms with E-state index < -0.39 is 0 Å². The predicted molar refractivity (Wildman–Crippen MR) is 77.5 cm³/mol. The molecule has 0 fully saturated rings. The van der Waals surface area contributed by atoms with Crippen LogP contribution in [0.3, 0.4) is 0 Å². The van der Waals surface area contributed by atoms with E-state index in [1.54, 1.807) is 30.5 Å². The molecule has 0 bridgehead atoms. The van der Waals surface area contributed by atoms with Gasteiger partial charge in [-0.3, -0.25) is 4.79 Å². The zero-order valence-corrected chi connectivity index (χ0v) is 12.0. The van der Waals surface area contributed by atoms with Crippen molar-refractivity contribution in [1.29, 1.82) is 0 Å². The summed E-state index contributed by atoms with van der Waals surface area (Å²) in [6.07, 6.45) is 1.63. The van der Waals surface area contributed by atoms with Crippen LogP contribution in [0, 0.1) is 0 Å². The molecule has 0 aliphatic carbocycles. The number of amides is 1. The maximum absolute atomic E-state index is 12.0. The molecule has 1 aromatic carbocycles. The molecular weight excluding hydrogens is 308 g/mol. The van der Waals surface area contributed by atoms with Gasteiger partial charge >= 0.3 is 0 Å². The molecule has 0 saturated heterocycles. The average Bonchev–Trinajstić information content (AvgIpc) is 2.42. The maximum Gasteiger partial charge on any atom is 0.256 e. The van der Waals surface area contributed by atoms with Gasteiger partial charge in [0.25, 0.3) is 5.91 Å². The number of pyridine rings is 1. The van der Waals surface area contributed by atoms with E-state index in [0.29, 0.717) is 23.7 Å². The normalized spacial score (nSPS) is 10.0. The Morgan fingerprint density at radius 1 is 1.37 bits per heavy atom. The van der Waals surface area contributed by atoms with Crippen LogP contribution >= 0.6 is 15.9 Å². The van der Waals surface area contributed by atoms with E-state index in [9.17, 15) is 4.79 Å². The summed E-state index contributed by atoms with van der Waals surface area (Å²) in [5, 5.41) is 2.73.